The van der Waals surface area contributed by atoms with Crippen molar-refractivity contribution in [3.8, 4) is 0 Å². The monoisotopic (exact) mass is 263 g/mol. The lowest BCUT2D eigenvalue weighted by atomic mass is 10.2. The Kier molecular flexibility index (Phi) is 4.04. The van der Waals surface area contributed by atoms with Gasteiger partial charge < -0.3 is 5.11 Å². The molecule has 0 saturated carbocycles. The minimum absolute atomic E-state index is 0.469. The maximum Gasteiger partial charge on any atom is 0.0987 e. The van der Waals surface area contributed by atoms with Gasteiger partial charge in [-0.15, -0.1) is 0 Å². The highest BCUT2D eigenvalue weighted by atomic mass is 32.2. The van der Waals surface area contributed by atoms with Gasteiger partial charge in [0.05, 0.1) is 22.5 Å². The molecule has 4 nitrogen and oxygen atoms in total. The van der Waals surface area contributed by atoms with Gasteiger partial charge in [0.2, 0.25) is 0 Å². The third-order valence-corrected chi connectivity index (χ3v) is 3.74. The molecule has 18 heavy (non-hydrogen) atoms. The summed E-state index contributed by atoms with van der Waals surface area (Å²) in [6, 6.07) is 5.90. The molecule has 0 aromatic carbocycles. The second kappa shape index (κ2) is 5.54. The van der Waals surface area contributed by atoms with Crippen LogP contribution in [-0.4, -0.2) is 19.9 Å². The van der Waals surface area contributed by atoms with E-state index in [9.17, 15) is 5.11 Å². The summed E-state index contributed by atoms with van der Waals surface area (Å²) in [5.74, 6) is 0. The van der Waals surface area contributed by atoms with Crippen LogP contribution < -0.4 is 0 Å². The molecule has 0 saturated heterocycles. The van der Waals surface area contributed by atoms with Crippen LogP contribution in [0.2, 0.25) is 0 Å². The quantitative estimate of drug-likeness (QED) is 0.921. The second-order valence-corrected chi connectivity index (χ2v) is 5.29. The van der Waals surface area contributed by atoms with Gasteiger partial charge in [0, 0.05) is 18.1 Å². The van der Waals surface area contributed by atoms with Crippen molar-refractivity contribution >= 4 is 11.8 Å². The van der Waals surface area contributed by atoms with E-state index in [1.165, 1.54) is 0 Å². The molecule has 0 amide bonds. The molecule has 2 heterocycles. The first-order valence-electron chi connectivity index (χ1n) is 5.92. The molecule has 0 bridgehead atoms. The van der Waals surface area contributed by atoms with Crippen LogP contribution in [0.4, 0.5) is 0 Å². The van der Waals surface area contributed by atoms with E-state index in [0.29, 0.717) is 6.42 Å². The summed E-state index contributed by atoms with van der Waals surface area (Å²) in [6.45, 7) is 3.91. The van der Waals surface area contributed by atoms with E-state index in [2.05, 4.69) is 10.1 Å². The maximum absolute atomic E-state index is 9.67. The number of nitrogens with zero attached hydrogens (tertiary/aromatic N) is 3. The summed E-state index contributed by atoms with van der Waals surface area (Å²) in [5, 5.41) is 15.1. The Labute approximate surface area is 111 Å². The normalized spacial score (nSPS) is 12.7. The molecule has 0 unspecified atom stereocenters. The Bertz CT molecular complexity index is 522. The van der Waals surface area contributed by atoms with Crippen molar-refractivity contribution in [3.63, 3.8) is 0 Å². The number of rotatable bonds is 4. The summed E-state index contributed by atoms with van der Waals surface area (Å²) in [6.07, 6.45) is 2.00. The van der Waals surface area contributed by atoms with Crippen molar-refractivity contribution < 1.29 is 5.11 Å². The van der Waals surface area contributed by atoms with Gasteiger partial charge in [-0.25, -0.2) is 0 Å². The van der Waals surface area contributed by atoms with E-state index in [1.807, 2.05) is 43.8 Å². The standard InChI is InChI=1S/C13H17N3OS/c1-4-12(17)11-6-5-10(8-14-11)18-13-7-9(2)15-16(13)3/h5-8,12,17H,4H2,1-3H3/t12-/m0/s1. The van der Waals surface area contributed by atoms with Gasteiger partial charge in [-0.05, 0) is 31.5 Å². The molecule has 5 heteroatoms. The van der Waals surface area contributed by atoms with E-state index < -0.39 is 6.10 Å². The van der Waals surface area contributed by atoms with Crippen molar-refractivity contribution in [2.24, 2.45) is 7.05 Å². The van der Waals surface area contributed by atoms with Gasteiger partial charge in [0.15, 0.2) is 0 Å². The van der Waals surface area contributed by atoms with Crippen LogP contribution in [0.5, 0.6) is 0 Å². The predicted octanol–water partition coefficient (Wildman–Crippen LogP) is 2.72. The minimum atomic E-state index is -0.469. The van der Waals surface area contributed by atoms with E-state index in [4.69, 9.17) is 0 Å². The SMILES string of the molecule is CC[C@H](O)c1ccc(Sc2cc(C)nn2C)cn1. The molecule has 0 fully saturated rings. The van der Waals surface area contributed by atoms with Crippen LogP contribution in [0.25, 0.3) is 0 Å². The van der Waals surface area contributed by atoms with Gasteiger partial charge in [-0.3, -0.25) is 9.67 Å². The van der Waals surface area contributed by atoms with Crippen LogP contribution in [-0.2, 0) is 7.05 Å². The lowest BCUT2D eigenvalue weighted by molar-refractivity contribution is 0.169. The first kappa shape index (κ1) is 13.1. The maximum atomic E-state index is 9.67. The number of hydrogen-bond donors (Lipinski definition) is 1. The Morgan fingerprint density at radius 3 is 2.72 bits per heavy atom. The van der Waals surface area contributed by atoms with E-state index in [1.54, 1.807) is 18.0 Å². The molecule has 1 N–H and O–H groups in total. The molecule has 0 aliphatic rings. The fourth-order valence-corrected chi connectivity index (χ4v) is 2.55. The second-order valence-electron chi connectivity index (χ2n) is 4.19. The van der Waals surface area contributed by atoms with Crippen LogP contribution in [0.3, 0.4) is 0 Å². The molecule has 1 atom stereocenters. The molecule has 2 aromatic rings. The number of hydrogen-bond acceptors (Lipinski definition) is 4. The van der Waals surface area contributed by atoms with Crippen molar-refractivity contribution in [1.29, 1.82) is 0 Å². The highest BCUT2D eigenvalue weighted by Crippen LogP contribution is 2.28. The van der Waals surface area contributed by atoms with Gasteiger partial charge in [0.1, 0.15) is 0 Å². The minimum Gasteiger partial charge on any atom is -0.387 e. The molecule has 0 aliphatic heterocycles. The van der Waals surface area contributed by atoms with Crippen LogP contribution in [0.15, 0.2) is 34.3 Å². The average molecular weight is 263 g/mol. The molecular weight excluding hydrogens is 246 g/mol. The molecule has 96 valence electrons. The summed E-state index contributed by atoms with van der Waals surface area (Å²) in [7, 11) is 1.93. The van der Waals surface area contributed by atoms with Crippen molar-refractivity contribution in [1.82, 2.24) is 14.8 Å². The largest absolute Gasteiger partial charge is 0.387 e. The lowest BCUT2D eigenvalue weighted by Gasteiger charge is -2.07. The van der Waals surface area contributed by atoms with Gasteiger partial charge in [-0.1, -0.05) is 18.7 Å². The Morgan fingerprint density at radius 2 is 2.22 bits per heavy atom. The lowest BCUT2D eigenvalue weighted by Crippen LogP contribution is -1.98. The van der Waals surface area contributed by atoms with E-state index in [-0.39, 0.29) is 0 Å². The smallest absolute Gasteiger partial charge is 0.0987 e. The van der Waals surface area contributed by atoms with Crippen molar-refractivity contribution in [2.45, 2.75) is 36.3 Å². The molecule has 2 rings (SSSR count). The van der Waals surface area contributed by atoms with Crippen molar-refractivity contribution in [3.05, 3.63) is 35.8 Å². The predicted molar refractivity (Wildman–Crippen MR) is 71.6 cm³/mol. The molecule has 0 aliphatic carbocycles. The average Bonchev–Trinajstić information content (AvgIpc) is 2.68. The number of aliphatic hydroxyl groups excluding tert-OH is 1. The van der Waals surface area contributed by atoms with Gasteiger partial charge in [0.25, 0.3) is 0 Å². The first-order chi connectivity index (χ1) is 8.60. The Hall–Kier alpha value is -1.33. The summed E-state index contributed by atoms with van der Waals surface area (Å²) in [5.41, 5.74) is 1.73. The molecule has 2 aromatic heterocycles. The number of aromatic nitrogens is 3. The summed E-state index contributed by atoms with van der Waals surface area (Å²) in [4.78, 5) is 5.33. The zero-order valence-corrected chi connectivity index (χ0v) is 11.6. The fraction of sp³-hybridized carbons (Fsp3) is 0.385. The number of aryl methyl sites for hydroxylation is 2. The summed E-state index contributed by atoms with van der Waals surface area (Å²) < 4.78 is 1.86. The number of aliphatic hydroxyl groups is 1. The van der Waals surface area contributed by atoms with Gasteiger partial charge in [-0.2, -0.15) is 5.10 Å². The molecule has 0 radical (unpaired) electrons. The van der Waals surface area contributed by atoms with Gasteiger partial charge >= 0.3 is 0 Å². The third kappa shape index (κ3) is 2.91. The zero-order valence-electron chi connectivity index (χ0n) is 10.8. The first-order valence-corrected chi connectivity index (χ1v) is 6.74. The van der Waals surface area contributed by atoms with E-state index in [0.717, 1.165) is 21.3 Å². The van der Waals surface area contributed by atoms with Crippen LogP contribution in [0, 0.1) is 6.92 Å². The highest BCUT2D eigenvalue weighted by Gasteiger charge is 2.08. The topological polar surface area (TPSA) is 50.9 Å². The Morgan fingerprint density at radius 1 is 1.44 bits per heavy atom. The molecular formula is C13H17N3OS. The zero-order chi connectivity index (χ0) is 13.1. The number of pyridine rings is 1. The van der Waals surface area contributed by atoms with Crippen LogP contribution >= 0.6 is 11.8 Å². The summed E-state index contributed by atoms with van der Waals surface area (Å²) >= 11 is 1.62. The molecule has 0 spiro atoms. The van der Waals surface area contributed by atoms with E-state index >= 15 is 0 Å². The third-order valence-electron chi connectivity index (χ3n) is 2.67. The van der Waals surface area contributed by atoms with Crippen molar-refractivity contribution in [2.75, 3.05) is 0 Å². The highest BCUT2D eigenvalue weighted by molar-refractivity contribution is 7.99. The fourth-order valence-electron chi connectivity index (χ4n) is 1.66. The van der Waals surface area contributed by atoms with Crippen LogP contribution in [0.1, 0.15) is 30.8 Å². The Balaban J connectivity index is 2.13.